The maximum atomic E-state index is 11.7. The molecule has 0 unspecified atom stereocenters. The van der Waals surface area contributed by atoms with Crippen LogP contribution in [0.15, 0.2) is 48.1 Å². The molecular formula is C13H15N5O. The fraction of sp³-hybridized carbons (Fsp3) is 0.231. The highest BCUT2D eigenvalue weighted by molar-refractivity contribution is 6.00. The monoisotopic (exact) mass is 257 g/mol. The van der Waals surface area contributed by atoms with Gasteiger partial charge in [-0.1, -0.05) is 37.3 Å². The smallest absolute Gasteiger partial charge is 0.261 e. The lowest BCUT2D eigenvalue weighted by molar-refractivity contribution is -0.121. The van der Waals surface area contributed by atoms with Crippen LogP contribution in [-0.2, 0) is 11.3 Å². The van der Waals surface area contributed by atoms with E-state index in [1.807, 2.05) is 37.3 Å². The zero-order valence-corrected chi connectivity index (χ0v) is 10.7. The molecule has 2 aromatic rings. The number of benzene rings is 1. The Morgan fingerprint density at radius 1 is 1.37 bits per heavy atom. The average molecular weight is 257 g/mol. The SMILES string of the molecule is CC/C(=N\NC(=O)Cn1cncn1)c1ccccc1. The number of hydrogen-bond donors (Lipinski definition) is 1. The standard InChI is InChI=1S/C13H15N5O/c1-2-12(11-6-4-3-5-7-11)16-17-13(19)8-18-10-14-9-15-18/h3-7,9-10H,2,8H2,1H3,(H,17,19)/b16-12+. The van der Waals surface area contributed by atoms with Crippen molar-refractivity contribution in [2.75, 3.05) is 0 Å². The van der Waals surface area contributed by atoms with E-state index in [4.69, 9.17) is 0 Å². The van der Waals surface area contributed by atoms with Gasteiger partial charge in [0.05, 0.1) is 5.71 Å². The summed E-state index contributed by atoms with van der Waals surface area (Å²) >= 11 is 0. The van der Waals surface area contributed by atoms with Crippen molar-refractivity contribution >= 4 is 11.6 Å². The second kappa shape index (κ2) is 6.44. The van der Waals surface area contributed by atoms with Gasteiger partial charge in [-0.05, 0) is 12.0 Å². The van der Waals surface area contributed by atoms with E-state index in [0.29, 0.717) is 0 Å². The fourth-order valence-corrected chi connectivity index (χ4v) is 1.60. The lowest BCUT2D eigenvalue weighted by Crippen LogP contribution is -2.24. The molecule has 0 aliphatic carbocycles. The maximum absolute atomic E-state index is 11.7. The molecule has 0 atom stereocenters. The number of nitrogens with one attached hydrogen (secondary N) is 1. The summed E-state index contributed by atoms with van der Waals surface area (Å²) in [6.07, 6.45) is 3.62. The summed E-state index contributed by atoms with van der Waals surface area (Å²) < 4.78 is 1.44. The number of amides is 1. The Morgan fingerprint density at radius 2 is 2.16 bits per heavy atom. The minimum atomic E-state index is -0.229. The van der Waals surface area contributed by atoms with E-state index in [1.54, 1.807) is 0 Å². The molecule has 98 valence electrons. The molecule has 1 amide bonds. The summed E-state index contributed by atoms with van der Waals surface area (Å²) in [5.74, 6) is -0.229. The van der Waals surface area contributed by atoms with Crippen LogP contribution in [0.1, 0.15) is 18.9 Å². The van der Waals surface area contributed by atoms with E-state index in [2.05, 4.69) is 20.6 Å². The van der Waals surface area contributed by atoms with Crippen LogP contribution >= 0.6 is 0 Å². The van der Waals surface area contributed by atoms with E-state index in [-0.39, 0.29) is 12.5 Å². The van der Waals surface area contributed by atoms with Gasteiger partial charge in [0.1, 0.15) is 19.2 Å². The van der Waals surface area contributed by atoms with Crippen LogP contribution in [0.3, 0.4) is 0 Å². The number of hydrazone groups is 1. The largest absolute Gasteiger partial charge is 0.271 e. The first kappa shape index (κ1) is 12.9. The molecule has 0 saturated heterocycles. The molecule has 1 aromatic heterocycles. The Hall–Kier alpha value is -2.50. The van der Waals surface area contributed by atoms with E-state index < -0.39 is 0 Å². The van der Waals surface area contributed by atoms with Gasteiger partial charge < -0.3 is 0 Å². The molecule has 6 nitrogen and oxygen atoms in total. The van der Waals surface area contributed by atoms with Crippen molar-refractivity contribution in [2.24, 2.45) is 5.10 Å². The predicted octanol–water partition coefficient (Wildman–Crippen LogP) is 1.21. The third-order valence-corrected chi connectivity index (χ3v) is 2.53. The predicted molar refractivity (Wildman–Crippen MR) is 71.4 cm³/mol. The summed E-state index contributed by atoms with van der Waals surface area (Å²) in [5, 5.41) is 8.01. The van der Waals surface area contributed by atoms with Crippen LogP contribution in [0, 0.1) is 0 Å². The van der Waals surface area contributed by atoms with Crippen LogP contribution in [-0.4, -0.2) is 26.4 Å². The van der Waals surface area contributed by atoms with Crippen molar-refractivity contribution in [3.05, 3.63) is 48.5 Å². The molecule has 0 bridgehead atoms. The van der Waals surface area contributed by atoms with Crippen molar-refractivity contribution in [2.45, 2.75) is 19.9 Å². The lowest BCUT2D eigenvalue weighted by atomic mass is 10.1. The molecule has 2 rings (SSSR count). The van der Waals surface area contributed by atoms with Crippen molar-refractivity contribution in [1.29, 1.82) is 0 Å². The van der Waals surface area contributed by atoms with Gasteiger partial charge in [0.15, 0.2) is 0 Å². The minimum Gasteiger partial charge on any atom is -0.271 e. The Bertz CT molecular complexity index is 548. The molecule has 19 heavy (non-hydrogen) atoms. The van der Waals surface area contributed by atoms with Crippen molar-refractivity contribution in [3.63, 3.8) is 0 Å². The molecule has 0 fully saturated rings. The van der Waals surface area contributed by atoms with Gasteiger partial charge in [-0.15, -0.1) is 0 Å². The first-order valence-electron chi connectivity index (χ1n) is 6.03. The van der Waals surface area contributed by atoms with E-state index in [1.165, 1.54) is 17.3 Å². The summed E-state index contributed by atoms with van der Waals surface area (Å²) in [6, 6.07) is 9.76. The van der Waals surface area contributed by atoms with Gasteiger partial charge in [0.2, 0.25) is 0 Å². The van der Waals surface area contributed by atoms with Crippen molar-refractivity contribution < 1.29 is 4.79 Å². The zero-order chi connectivity index (χ0) is 13.5. The second-order valence-corrected chi connectivity index (χ2v) is 3.91. The highest BCUT2D eigenvalue weighted by atomic mass is 16.2. The Morgan fingerprint density at radius 3 is 2.79 bits per heavy atom. The number of carbonyl (C=O) groups is 1. The van der Waals surface area contributed by atoms with E-state index >= 15 is 0 Å². The van der Waals surface area contributed by atoms with Crippen molar-refractivity contribution in [1.82, 2.24) is 20.2 Å². The summed E-state index contributed by atoms with van der Waals surface area (Å²) in [6.45, 7) is 2.10. The van der Waals surface area contributed by atoms with Gasteiger partial charge in [-0.25, -0.2) is 15.1 Å². The Kier molecular flexibility index (Phi) is 4.39. The minimum absolute atomic E-state index is 0.106. The average Bonchev–Trinajstić information content (AvgIpc) is 2.93. The third-order valence-electron chi connectivity index (χ3n) is 2.53. The Balaban J connectivity index is 1.98. The Labute approximate surface area is 111 Å². The van der Waals surface area contributed by atoms with Crippen molar-refractivity contribution in [3.8, 4) is 0 Å². The maximum Gasteiger partial charge on any atom is 0.261 e. The topological polar surface area (TPSA) is 72.2 Å². The zero-order valence-electron chi connectivity index (χ0n) is 10.7. The van der Waals surface area contributed by atoms with Crippen LogP contribution < -0.4 is 5.43 Å². The normalized spacial score (nSPS) is 11.3. The number of carbonyl (C=O) groups excluding carboxylic acids is 1. The van der Waals surface area contributed by atoms with Crippen LogP contribution in [0.4, 0.5) is 0 Å². The molecule has 0 radical (unpaired) electrons. The molecule has 1 heterocycles. The lowest BCUT2D eigenvalue weighted by Gasteiger charge is -2.05. The summed E-state index contributed by atoms with van der Waals surface area (Å²) in [4.78, 5) is 15.4. The molecule has 1 N–H and O–H groups in total. The number of aromatic nitrogens is 3. The van der Waals surface area contributed by atoms with Gasteiger partial charge in [-0.3, -0.25) is 4.79 Å². The molecule has 0 saturated carbocycles. The molecule has 0 spiro atoms. The molecular weight excluding hydrogens is 242 g/mol. The molecule has 0 aliphatic heterocycles. The van der Waals surface area contributed by atoms with Gasteiger partial charge in [0, 0.05) is 0 Å². The summed E-state index contributed by atoms with van der Waals surface area (Å²) in [7, 11) is 0. The molecule has 6 heteroatoms. The van der Waals surface area contributed by atoms with Gasteiger partial charge >= 0.3 is 0 Å². The molecule has 1 aromatic carbocycles. The highest BCUT2D eigenvalue weighted by Crippen LogP contribution is 2.03. The summed E-state index contributed by atoms with van der Waals surface area (Å²) in [5.41, 5.74) is 4.38. The first-order chi connectivity index (χ1) is 9.29. The van der Waals surface area contributed by atoms with E-state index in [9.17, 15) is 4.79 Å². The van der Waals surface area contributed by atoms with Crippen LogP contribution in [0.5, 0.6) is 0 Å². The number of hydrogen-bond acceptors (Lipinski definition) is 4. The quantitative estimate of drug-likeness (QED) is 0.646. The number of rotatable bonds is 5. The van der Waals surface area contributed by atoms with E-state index in [0.717, 1.165) is 17.7 Å². The first-order valence-corrected chi connectivity index (χ1v) is 6.03. The highest BCUT2D eigenvalue weighted by Gasteiger charge is 2.04. The number of nitrogens with zero attached hydrogens (tertiary/aromatic N) is 4. The third kappa shape index (κ3) is 3.74. The van der Waals surface area contributed by atoms with Crippen LogP contribution in [0.25, 0.3) is 0 Å². The van der Waals surface area contributed by atoms with Crippen LogP contribution in [0.2, 0.25) is 0 Å². The van der Waals surface area contributed by atoms with Gasteiger partial charge in [-0.2, -0.15) is 10.2 Å². The molecule has 0 aliphatic rings. The van der Waals surface area contributed by atoms with Gasteiger partial charge in [0.25, 0.3) is 5.91 Å². The fourth-order valence-electron chi connectivity index (χ4n) is 1.60. The second-order valence-electron chi connectivity index (χ2n) is 3.91.